The van der Waals surface area contributed by atoms with Crippen molar-refractivity contribution in [1.82, 2.24) is 34.4 Å². The van der Waals surface area contributed by atoms with Gasteiger partial charge in [0.2, 0.25) is 0 Å². The van der Waals surface area contributed by atoms with Crippen LogP contribution >= 0.6 is 0 Å². The minimum absolute atomic E-state index is 0.127. The zero-order valence-corrected chi connectivity index (χ0v) is 26.4. The molecule has 2 saturated heterocycles. The van der Waals surface area contributed by atoms with Crippen LogP contribution in [0.15, 0.2) is 66.5 Å². The number of piperidine rings is 1. The Balaban J connectivity index is 1.27. The molecule has 2 N–H and O–H groups in total. The number of ether oxygens (including phenoxy) is 1. The second-order valence-electron chi connectivity index (χ2n) is 12.5. The number of likely N-dealkylation sites (tertiary alicyclic amines) is 1. The number of anilines is 1. The van der Waals surface area contributed by atoms with Gasteiger partial charge < -0.3 is 20.3 Å². The summed E-state index contributed by atoms with van der Waals surface area (Å²) in [5.74, 6) is 0.283. The Morgan fingerprint density at radius 3 is 2.57 bits per heavy atom. The highest BCUT2D eigenvalue weighted by atomic mass is 19.1. The fraction of sp³-hybridized carbons (Fsp3) is 0.382. The van der Waals surface area contributed by atoms with E-state index in [0.29, 0.717) is 54.2 Å². The minimum atomic E-state index is -0.532. The highest BCUT2D eigenvalue weighted by Gasteiger charge is 2.33. The van der Waals surface area contributed by atoms with Crippen molar-refractivity contribution in [3.05, 3.63) is 72.3 Å². The first-order valence-electron chi connectivity index (χ1n) is 15.5. The Bertz CT molecular complexity index is 1810. The van der Waals surface area contributed by atoms with Crippen molar-refractivity contribution in [1.29, 1.82) is 5.26 Å². The van der Waals surface area contributed by atoms with Crippen molar-refractivity contribution in [3.63, 3.8) is 0 Å². The third-order valence-corrected chi connectivity index (χ3v) is 8.89. The minimum Gasteiger partial charge on any atom is -0.457 e. The number of para-hydroxylation sites is 1. The number of aromatic nitrogens is 4. The van der Waals surface area contributed by atoms with Gasteiger partial charge in [0.05, 0.1) is 11.4 Å². The largest absolute Gasteiger partial charge is 0.457 e. The number of nitriles is 1. The van der Waals surface area contributed by atoms with Crippen LogP contribution in [0.2, 0.25) is 0 Å². The Kier molecular flexibility index (Phi) is 8.71. The summed E-state index contributed by atoms with van der Waals surface area (Å²) in [6, 6.07) is 15.6. The molecule has 1 unspecified atom stereocenters. The molecule has 0 radical (unpaired) electrons. The number of likely N-dealkylation sites (N-methyl/N-ethyl adjacent to an activating group) is 1. The third kappa shape index (κ3) is 6.29. The quantitative estimate of drug-likeness (QED) is 0.231. The molecular weight excluding hydrogens is 585 g/mol. The van der Waals surface area contributed by atoms with Crippen LogP contribution in [-0.2, 0) is 4.79 Å². The summed E-state index contributed by atoms with van der Waals surface area (Å²) in [6.45, 7) is 8.52. The van der Waals surface area contributed by atoms with Crippen LogP contribution in [0.3, 0.4) is 0 Å². The van der Waals surface area contributed by atoms with Crippen molar-refractivity contribution in [2.45, 2.75) is 38.3 Å². The van der Waals surface area contributed by atoms with Gasteiger partial charge in [-0.05, 0) is 64.1 Å². The van der Waals surface area contributed by atoms with Crippen molar-refractivity contribution in [3.8, 4) is 28.8 Å². The van der Waals surface area contributed by atoms with Crippen LogP contribution in [0.1, 0.15) is 32.7 Å². The fourth-order valence-electron chi connectivity index (χ4n) is 6.29. The molecule has 1 amide bonds. The molecule has 12 heteroatoms. The first kappa shape index (κ1) is 31.1. The molecule has 4 heterocycles. The van der Waals surface area contributed by atoms with E-state index in [-0.39, 0.29) is 28.9 Å². The molecule has 46 heavy (non-hydrogen) atoms. The van der Waals surface area contributed by atoms with Crippen LogP contribution in [0.5, 0.6) is 11.5 Å². The first-order chi connectivity index (χ1) is 22.1. The zero-order chi connectivity index (χ0) is 32.4. The SMILES string of the molecule is CN1CCN(C(C)(C)/C=C(/C#N)C(=O)N2CCCC(n3nc(-c4ccc(Oc5ccccc5)cc4F)c4c(N)ncnc43)C2)CC1. The number of nitrogens with zero attached hydrogens (tertiary/aromatic N) is 8. The lowest BCUT2D eigenvalue weighted by Crippen LogP contribution is -2.53. The monoisotopic (exact) mass is 623 g/mol. The number of fused-ring (bicyclic) bond motifs is 1. The van der Waals surface area contributed by atoms with Gasteiger partial charge in [0.1, 0.15) is 46.8 Å². The highest BCUT2D eigenvalue weighted by Crippen LogP contribution is 2.36. The van der Waals surface area contributed by atoms with Crippen LogP contribution in [0.25, 0.3) is 22.3 Å². The number of rotatable bonds is 7. The molecule has 2 fully saturated rings. The summed E-state index contributed by atoms with van der Waals surface area (Å²) >= 11 is 0. The van der Waals surface area contributed by atoms with Gasteiger partial charge in [-0.2, -0.15) is 10.4 Å². The van der Waals surface area contributed by atoms with Crippen molar-refractivity contribution >= 4 is 22.8 Å². The summed E-state index contributed by atoms with van der Waals surface area (Å²) in [7, 11) is 2.09. The Labute approximate surface area is 267 Å². The molecule has 2 aromatic heterocycles. The number of nitrogens with two attached hydrogens (primary N) is 1. The van der Waals surface area contributed by atoms with Crippen molar-refractivity contribution in [2.24, 2.45) is 0 Å². The average molecular weight is 624 g/mol. The lowest BCUT2D eigenvalue weighted by Gasteiger charge is -2.42. The molecule has 0 saturated carbocycles. The maximum Gasteiger partial charge on any atom is 0.264 e. The summed E-state index contributed by atoms with van der Waals surface area (Å²) in [5.41, 5.74) is 6.99. The van der Waals surface area contributed by atoms with Crippen LogP contribution < -0.4 is 10.5 Å². The molecule has 0 bridgehead atoms. The van der Waals surface area contributed by atoms with E-state index in [1.807, 2.05) is 32.0 Å². The molecule has 0 spiro atoms. The molecule has 238 valence electrons. The van der Waals surface area contributed by atoms with E-state index in [9.17, 15) is 10.1 Å². The van der Waals surface area contributed by atoms with E-state index in [0.717, 1.165) is 26.2 Å². The molecule has 1 atom stereocenters. The third-order valence-electron chi connectivity index (χ3n) is 8.89. The lowest BCUT2D eigenvalue weighted by molar-refractivity contribution is -0.128. The summed E-state index contributed by atoms with van der Waals surface area (Å²) in [4.78, 5) is 28.7. The number of carbonyl (C=O) groups excluding carboxylic acids is 1. The van der Waals surface area contributed by atoms with E-state index in [4.69, 9.17) is 15.6 Å². The van der Waals surface area contributed by atoms with E-state index in [1.165, 1.54) is 12.4 Å². The number of nitrogen functional groups attached to an aromatic ring is 1. The predicted molar refractivity (Wildman–Crippen MR) is 173 cm³/mol. The lowest BCUT2D eigenvalue weighted by atomic mass is 9.96. The molecule has 0 aliphatic carbocycles. The van der Waals surface area contributed by atoms with Gasteiger partial charge >= 0.3 is 0 Å². The van der Waals surface area contributed by atoms with Gasteiger partial charge in [-0.3, -0.25) is 9.69 Å². The maximum atomic E-state index is 15.6. The summed E-state index contributed by atoms with van der Waals surface area (Å²) in [5, 5.41) is 15.3. The second-order valence-corrected chi connectivity index (χ2v) is 12.5. The number of carbonyl (C=O) groups is 1. The predicted octanol–water partition coefficient (Wildman–Crippen LogP) is 4.65. The molecule has 4 aromatic rings. The number of halogens is 1. The fourth-order valence-corrected chi connectivity index (χ4v) is 6.29. The number of piperazine rings is 1. The molecular formula is C34H38FN9O2. The number of benzene rings is 2. The Morgan fingerprint density at radius 2 is 1.85 bits per heavy atom. The van der Waals surface area contributed by atoms with Crippen molar-refractivity contribution < 1.29 is 13.9 Å². The topological polar surface area (TPSA) is 129 Å². The number of hydrogen-bond acceptors (Lipinski definition) is 9. The first-order valence-corrected chi connectivity index (χ1v) is 15.5. The van der Waals surface area contributed by atoms with Crippen molar-refractivity contribution in [2.75, 3.05) is 52.0 Å². The van der Waals surface area contributed by atoms with Gasteiger partial charge in [0, 0.05) is 56.4 Å². The average Bonchev–Trinajstić information content (AvgIpc) is 3.45. The van der Waals surface area contributed by atoms with Crippen LogP contribution in [0, 0.1) is 17.1 Å². The molecule has 11 nitrogen and oxygen atoms in total. The highest BCUT2D eigenvalue weighted by molar-refractivity contribution is 5.99. The van der Waals surface area contributed by atoms with Gasteiger partial charge in [-0.15, -0.1) is 0 Å². The van der Waals surface area contributed by atoms with Crippen LogP contribution in [-0.4, -0.2) is 92.2 Å². The van der Waals surface area contributed by atoms with E-state index >= 15 is 4.39 Å². The standard InChI is InChI=1S/C34H38FN9O2/c1-34(2,43-16-14-41(3)15-17-43)19-23(20-36)33(45)42-13-7-8-24(21-42)44-32-29(31(37)38-22-39-32)30(40-44)27-12-11-26(18-28(27)35)46-25-9-5-4-6-10-25/h4-6,9-12,18-19,22,24H,7-8,13-17,21H2,1-3H3,(H2,37,38,39)/b23-19-. The number of amides is 1. The summed E-state index contributed by atoms with van der Waals surface area (Å²) < 4.78 is 23.2. The van der Waals surface area contributed by atoms with Gasteiger partial charge in [0.25, 0.3) is 5.91 Å². The second kappa shape index (κ2) is 12.9. The zero-order valence-electron chi connectivity index (χ0n) is 26.4. The Hall–Kier alpha value is -4.86. The molecule has 2 aliphatic heterocycles. The van der Waals surface area contributed by atoms with E-state index in [2.05, 4.69) is 32.9 Å². The maximum absolute atomic E-state index is 15.6. The van der Waals surface area contributed by atoms with E-state index in [1.54, 1.807) is 39.9 Å². The Morgan fingerprint density at radius 1 is 1.09 bits per heavy atom. The summed E-state index contributed by atoms with van der Waals surface area (Å²) in [6.07, 6.45) is 4.58. The van der Waals surface area contributed by atoms with Gasteiger partial charge in [0.15, 0.2) is 5.65 Å². The van der Waals surface area contributed by atoms with Gasteiger partial charge in [-0.25, -0.2) is 19.0 Å². The molecule has 2 aromatic carbocycles. The molecule has 2 aliphatic rings. The van der Waals surface area contributed by atoms with Gasteiger partial charge in [-0.1, -0.05) is 18.2 Å². The molecule has 6 rings (SSSR count). The normalized spacial score (nSPS) is 18.5. The van der Waals surface area contributed by atoms with Crippen LogP contribution in [0.4, 0.5) is 10.2 Å². The smallest absolute Gasteiger partial charge is 0.264 e. The van der Waals surface area contributed by atoms with E-state index < -0.39 is 11.4 Å². The number of hydrogen-bond donors (Lipinski definition) is 1.